The van der Waals surface area contributed by atoms with Crippen LogP contribution in [-0.4, -0.2) is 47.5 Å². The molecule has 6 nitrogen and oxygen atoms in total. The van der Waals surface area contributed by atoms with Crippen molar-refractivity contribution in [2.75, 3.05) is 25.4 Å². The van der Waals surface area contributed by atoms with Crippen LogP contribution in [0.2, 0.25) is 10.0 Å². The second-order valence-corrected chi connectivity index (χ2v) is 7.02. The summed E-state index contributed by atoms with van der Waals surface area (Å²) in [6.07, 6.45) is 0. The predicted octanol–water partition coefficient (Wildman–Crippen LogP) is 2.88. The highest BCUT2D eigenvalue weighted by molar-refractivity contribution is 8.13. The summed E-state index contributed by atoms with van der Waals surface area (Å²) >= 11 is 13.0. The Balaban J connectivity index is 1.76. The number of carbonyl (C=O) groups is 3. The first-order valence-electron chi connectivity index (χ1n) is 7.18. The number of nitrogens with zero attached hydrogens (tertiary/aromatic N) is 1. The summed E-state index contributed by atoms with van der Waals surface area (Å²) in [7, 11) is 0. The molecule has 1 aromatic rings. The number of ether oxygens (including phenoxy) is 1. The SMILES string of the molecule is C[C@@H](NC(=O)COC(=O)CN1CCSC1=O)c1ccc(Cl)c(Cl)c1. The third kappa shape index (κ3) is 5.29. The van der Waals surface area contributed by atoms with Crippen LogP contribution in [0.1, 0.15) is 18.5 Å². The van der Waals surface area contributed by atoms with Gasteiger partial charge in [0.1, 0.15) is 6.54 Å². The van der Waals surface area contributed by atoms with Crippen LogP contribution in [0.15, 0.2) is 18.2 Å². The first-order chi connectivity index (χ1) is 11.4. The van der Waals surface area contributed by atoms with Crippen molar-refractivity contribution in [3.8, 4) is 0 Å². The summed E-state index contributed by atoms with van der Waals surface area (Å²) in [6, 6.07) is 4.74. The Morgan fingerprint density at radius 3 is 2.75 bits per heavy atom. The topological polar surface area (TPSA) is 75.7 Å². The molecule has 1 saturated heterocycles. The molecule has 0 radical (unpaired) electrons. The highest BCUT2D eigenvalue weighted by Crippen LogP contribution is 2.25. The predicted molar refractivity (Wildman–Crippen MR) is 93.4 cm³/mol. The maximum atomic E-state index is 11.9. The third-order valence-electron chi connectivity index (χ3n) is 3.35. The molecule has 0 spiro atoms. The van der Waals surface area contributed by atoms with Gasteiger partial charge < -0.3 is 15.0 Å². The number of esters is 1. The van der Waals surface area contributed by atoms with Crippen molar-refractivity contribution >= 4 is 52.1 Å². The molecule has 0 saturated carbocycles. The van der Waals surface area contributed by atoms with Gasteiger partial charge in [0.05, 0.1) is 16.1 Å². The first-order valence-corrected chi connectivity index (χ1v) is 8.92. The number of rotatable bonds is 6. The maximum Gasteiger partial charge on any atom is 0.326 e. The van der Waals surface area contributed by atoms with E-state index in [2.05, 4.69) is 5.32 Å². The van der Waals surface area contributed by atoms with E-state index < -0.39 is 18.5 Å². The fourth-order valence-corrected chi connectivity index (χ4v) is 3.20. The van der Waals surface area contributed by atoms with E-state index in [0.717, 1.165) is 17.3 Å². The van der Waals surface area contributed by atoms with Gasteiger partial charge in [0.25, 0.3) is 11.1 Å². The minimum atomic E-state index is -0.608. The van der Waals surface area contributed by atoms with Crippen LogP contribution in [-0.2, 0) is 14.3 Å². The maximum absolute atomic E-state index is 11.9. The van der Waals surface area contributed by atoms with Crippen LogP contribution in [0, 0.1) is 0 Å². The van der Waals surface area contributed by atoms with E-state index in [0.29, 0.717) is 22.3 Å². The Morgan fingerprint density at radius 1 is 1.38 bits per heavy atom. The molecule has 1 heterocycles. The average Bonchev–Trinajstić information content (AvgIpc) is 2.93. The molecule has 2 amide bonds. The number of hydrogen-bond acceptors (Lipinski definition) is 5. The molecule has 1 aliphatic rings. The van der Waals surface area contributed by atoms with Crippen LogP contribution in [0.4, 0.5) is 4.79 Å². The Hall–Kier alpha value is -1.44. The van der Waals surface area contributed by atoms with Gasteiger partial charge in [-0.1, -0.05) is 41.0 Å². The molecular weight excluding hydrogens is 375 g/mol. The molecule has 2 rings (SSSR count). The number of thioether (sulfide) groups is 1. The van der Waals surface area contributed by atoms with Crippen molar-refractivity contribution in [3.63, 3.8) is 0 Å². The number of hydrogen-bond donors (Lipinski definition) is 1. The van der Waals surface area contributed by atoms with E-state index in [1.807, 2.05) is 0 Å². The molecule has 0 bridgehead atoms. The number of halogens is 2. The fourth-order valence-electron chi connectivity index (χ4n) is 2.07. The number of benzene rings is 1. The zero-order valence-electron chi connectivity index (χ0n) is 12.9. The van der Waals surface area contributed by atoms with E-state index >= 15 is 0 Å². The molecule has 1 aliphatic heterocycles. The summed E-state index contributed by atoms with van der Waals surface area (Å²) in [5, 5.41) is 3.38. The van der Waals surface area contributed by atoms with Gasteiger partial charge in [-0.05, 0) is 24.6 Å². The van der Waals surface area contributed by atoms with Gasteiger partial charge in [-0.15, -0.1) is 0 Å². The monoisotopic (exact) mass is 390 g/mol. The van der Waals surface area contributed by atoms with E-state index in [9.17, 15) is 14.4 Å². The second kappa shape index (κ2) is 8.60. The summed E-state index contributed by atoms with van der Waals surface area (Å²) in [5.74, 6) is -0.388. The van der Waals surface area contributed by atoms with Crippen molar-refractivity contribution in [1.29, 1.82) is 0 Å². The molecule has 130 valence electrons. The third-order valence-corrected chi connectivity index (χ3v) is 4.98. The van der Waals surface area contributed by atoms with Crippen molar-refractivity contribution in [1.82, 2.24) is 10.2 Å². The smallest absolute Gasteiger partial charge is 0.326 e. The van der Waals surface area contributed by atoms with Gasteiger partial charge in [0.2, 0.25) is 0 Å². The molecule has 0 unspecified atom stereocenters. The average molecular weight is 391 g/mol. The Labute approximate surface area is 153 Å². The number of nitrogens with one attached hydrogen (secondary N) is 1. The minimum Gasteiger partial charge on any atom is -0.454 e. The standard InChI is InChI=1S/C15H16Cl2N2O4S/c1-9(10-2-3-11(16)12(17)6-10)18-13(20)8-23-14(21)7-19-4-5-24-15(19)22/h2-3,6,9H,4-5,7-8H2,1H3,(H,18,20)/t9-/m1/s1. The van der Waals surface area contributed by atoms with E-state index in [1.54, 1.807) is 25.1 Å². The van der Waals surface area contributed by atoms with E-state index in [-0.39, 0.29) is 17.8 Å². The quantitative estimate of drug-likeness (QED) is 0.755. The molecule has 1 fully saturated rings. The summed E-state index contributed by atoms with van der Waals surface area (Å²) in [6.45, 7) is 1.75. The Morgan fingerprint density at radius 2 is 2.12 bits per heavy atom. The lowest BCUT2D eigenvalue weighted by Gasteiger charge is -2.16. The van der Waals surface area contributed by atoms with Crippen LogP contribution >= 0.6 is 35.0 Å². The van der Waals surface area contributed by atoms with Gasteiger partial charge in [0.15, 0.2) is 6.61 Å². The lowest BCUT2D eigenvalue weighted by Crippen LogP contribution is -2.35. The van der Waals surface area contributed by atoms with Crippen LogP contribution in [0.5, 0.6) is 0 Å². The number of carbonyl (C=O) groups excluding carboxylic acids is 3. The van der Waals surface area contributed by atoms with Gasteiger partial charge >= 0.3 is 5.97 Å². The molecule has 1 N–H and O–H groups in total. The van der Waals surface area contributed by atoms with Crippen LogP contribution in [0.25, 0.3) is 0 Å². The first kappa shape index (κ1) is 18.9. The Kier molecular flexibility index (Phi) is 6.77. The second-order valence-electron chi connectivity index (χ2n) is 5.16. The normalized spacial score (nSPS) is 15.3. The molecular formula is C15H16Cl2N2O4S. The van der Waals surface area contributed by atoms with E-state index in [1.165, 1.54) is 4.90 Å². The summed E-state index contributed by atoms with van der Waals surface area (Å²) in [5.41, 5.74) is 0.781. The van der Waals surface area contributed by atoms with Crippen LogP contribution < -0.4 is 5.32 Å². The zero-order valence-corrected chi connectivity index (χ0v) is 15.2. The Bertz CT molecular complexity index is 656. The highest BCUT2D eigenvalue weighted by Gasteiger charge is 2.24. The molecule has 1 atom stereocenters. The fraction of sp³-hybridized carbons (Fsp3) is 0.400. The van der Waals surface area contributed by atoms with Gasteiger partial charge in [-0.2, -0.15) is 0 Å². The van der Waals surface area contributed by atoms with Crippen LogP contribution in [0.3, 0.4) is 0 Å². The van der Waals surface area contributed by atoms with Crippen molar-refractivity contribution < 1.29 is 19.1 Å². The lowest BCUT2D eigenvalue weighted by molar-refractivity contribution is -0.149. The van der Waals surface area contributed by atoms with Gasteiger partial charge in [0, 0.05) is 12.3 Å². The van der Waals surface area contributed by atoms with Crippen molar-refractivity contribution in [2.45, 2.75) is 13.0 Å². The van der Waals surface area contributed by atoms with E-state index in [4.69, 9.17) is 27.9 Å². The minimum absolute atomic E-state index is 0.137. The van der Waals surface area contributed by atoms with Crippen molar-refractivity contribution in [2.24, 2.45) is 0 Å². The molecule has 0 aromatic heterocycles. The lowest BCUT2D eigenvalue weighted by atomic mass is 10.1. The molecule has 0 aliphatic carbocycles. The molecule has 24 heavy (non-hydrogen) atoms. The summed E-state index contributed by atoms with van der Waals surface area (Å²) in [4.78, 5) is 36.3. The zero-order chi connectivity index (χ0) is 17.7. The molecule has 9 heteroatoms. The van der Waals surface area contributed by atoms with Crippen molar-refractivity contribution in [3.05, 3.63) is 33.8 Å². The number of amides is 2. The summed E-state index contributed by atoms with van der Waals surface area (Å²) < 4.78 is 4.89. The highest BCUT2D eigenvalue weighted by atomic mass is 35.5. The van der Waals surface area contributed by atoms with Gasteiger partial charge in [-0.3, -0.25) is 14.4 Å². The van der Waals surface area contributed by atoms with Gasteiger partial charge in [-0.25, -0.2) is 0 Å². The molecule has 1 aromatic carbocycles. The largest absolute Gasteiger partial charge is 0.454 e.